The van der Waals surface area contributed by atoms with Crippen molar-refractivity contribution in [3.63, 3.8) is 0 Å². The Morgan fingerprint density at radius 2 is 1.83 bits per heavy atom. The monoisotopic (exact) mass is 518 g/mol. The maximum absolute atomic E-state index is 13.4. The van der Waals surface area contributed by atoms with Crippen molar-refractivity contribution in [3.8, 4) is 5.75 Å². The molecular formula is C27H23ClN4O3S. The van der Waals surface area contributed by atoms with Gasteiger partial charge in [-0.1, -0.05) is 65.8 Å². The molecular weight excluding hydrogens is 496 g/mol. The number of hydrogen-bond donors (Lipinski definition) is 1. The molecule has 0 unspecified atom stereocenters. The number of fused-ring (bicyclic) bond motifs is 3. The molecule has 1 atom stereocenters. The molecule has 2 heterocycles. The van der Waals surface area contributed by atoms with Crippen LogP contribution in [0, 0.1) is 0 Å². The maximum atomic E-state index is 13.4. The lowest BCUT2D eigenvalue weighted by Crippen LogP contribution is -2.42. The summed E-state index contributed by atoms with van der Waals surface area (Å²) in [6.07, 6.45) is -0.0503. The second-order valence-corrected chi connectivity index (χ2v) is 9.64. The number of aliphatic imine (C=N–C) groups is 2. The van der Waals surface area contributed by atoms with Gasteiger partial charge in [-0.15, -0.1) is 0 Å². The van der Waals surface area contributed by atoms with E-state index in [1.165, 1.54) is 11.8 Å². The number of para-hydroxylation sites is 2. The Labute approximate surface area is 218 Å². The fourth-order valence-electron chi connectivity index (χ4n) is 4.05. The Morgan fingerprint density at radius 1 is 1.08 bits per heavy atom. The van der Waals surface area contributed by atoms with Crippen LogP contribution in [0.5, 0.6) is 5.75 Å². The molecule has 36 heavy (non-hydrogen) atoms. The SMILES string of the molecule is COc1ccccc1CNC(=O)C[C@H]1N=C2c3ccccc3N=C(SCc3ccc(Cl)cc3)N2C1=O. The van der Waals surface area contributed by atoms with Crippen molar-refractivity contribution in [2.24, 2.45) is 9.98 Å². The lowest BCUT2D eigenvalue weighted by atomic mass is 10.1. The van der Waals surface area contributed by atoms with Crippen molar-refractivity contribution in [2.45, 2.75) is 24.8 Å². The van der Waals surface area contributed by atoms with Gasteiger partial charge in [-0.2, -0.15) is 0 Å². The van der Waals surface area contributed by atoms with Gasteiger partial charge in [-0.05, 0) is 35.9 Å². The zero-order chi connectivity index (χ0) is 25.1. The minimum absolute atomic E-state index is 0.0503. The normalized spacial score (nSPS) is 16.1. The number of hydrogen-bond acceptors (Lipinski definition) is 6. The van der Waals surface area contributed by atoms with Gasteiger partial charge in [0.05, 0.1) is 19.2 Å². The van der Waals surface area contributed by atoms with Crippen molar-refractivity contribution < 1.29 is 14.3 Å². The van der Waals surface area contributed by atoms with E-state index >= 15 is 0 Å². The first-order valence-electron chi connectivity index (χ1n) is 11.4. The van der Waals surface area contributed by atoms with E-state index in [0.29, 0.717) is 34.1 Å². The Morgan fingerprint density at radius 3 is 2.64 bits per heavy atom. The smallest absolute Gasteiger partial charge is 0.259 e. The van der Waals surface area contributed by atoms with E-state index in [1.807, 2.05) is 72.8 Å². The van der Waals surface area contributed by atoms with Crippen LogP contribution in [0.3, 0.4) is 0 Å². The summed E-state index contributed by atoms with van der Waals surface area (Å²) in [6, 6.07) is 21.8. The van der Waals surface area contributed by atoms with E-state index < -0.39 is 6.04 Å². The topological polar surface area (TPSA) is 83.4 Å². The molecule has 3 aromatic carbocycles. The van der Waals surface area contributed by atoms with Gasteiger partial charge in [-0.25, -0.2) is 9.89 Å². The second-order valence-electron chi connectivity index (χ2n) is 8.26. The number of thioether (sulfide) groups is 1. The van der Waals surface area contributed by atoms with Crippen LogP contribution in [-0.2, 0) is 21.9 Å². The second kappa shape index (κ2) is 10.6. The van der Waals surface area contributed by atoms with Crippen LogP contribution in [0.1, 0.15) is 23.1 Å². The first kappa shape index (κ1) is 24.1. The molecule has 2 amide bonds. The Kier molecular flexibility index (Phi) is 7.06. The van der Waals surface area contributed by atoms with Gasteiger partial charge in [0, 0.05) is 28.4 Å². The van der Waals surface area contributed by atoms with E-state index in [9.17, 15) is 9.59 Å². The number of amides is 2. The van der Waals surface area contributed by atoms with Gasteiger partial charge in [0.2, 0.25) is 5.91 Å². The lowest BCUT2D eigenvalue weighted by Gasteiger charge is -2.25. The third kappa shape index (κ3) is 5.01. The summed E-state index contributed by atoms with van der Waals surface area (Å²) in [7, 11) is 1.59. The molecule has 3 aromatic rings. The van der Waals surface area contributed by atoms with Crippen molar-refractivity contribution >= 4 is 51.9 Å². The highest BCUT2D eigenvalue weighted by atomic mass is 35.5. The highest BCUT2D eigenvalue weighted by molar-refractivity contribution is 8.13. The van der Waals surface area contributed by atoms with Crippen LogP contribution in [-0.4, -0.2) is 40.9 Å². The van der Waals surface area contributed by atoms with Crippen LogP contribution >= 0.6 is 23.4 Å². The van der Waals surface area contributed by atoms with Crippen molar-refractivity contribution in [1.29, 1.82) is 0 Å². The quantitative estimate of drug-likeness (QED) is 0.480. The van der Waals surface area contributed by atoms with Crippen LogP contribution in [0.15, 0.2) is 82.8 Å². The summed E-state index contributed by atoms with van der Waals surface area (Å²) in [5.74, 6) is 1.33. The van der Waals surface area contributed by atoms with Gasteiger partial charge in [0.1, 0.15) is 17.6 Å². The molecule has 2 aliphatic heterocycles. The lowest BCUT2D eigenvalue weighted by molar-refractivity contribution is -0.128. The summed E-state index contributed by atoms with van der Waals surface area (Å²) >= 11 is 7.45. The number of nitrogens with zero attached hydrogens (tertiary/aromatic N) is 3. The predicted molar refractivity (Wildman–Crippen MR) is 143 cm³/mol. The van der Waals surface area contributed by atoms with Crippen molar-refractivity contribution in [3.05, 3.63) is 94.5 Å². The molecule has 0 spiro atoms. The molecule has 182 valence electrons. The predicted octanol–water partition coefficient (Wildman–Crippen LogP) is 4.95. The van der Waals surface area contributed by atoms with Gasteiger partial charge in [-0.3, -0.25) is 14.6 Å². The number of ether oxygens (including phenoxy) is 1. The molecule has 1 N–H and O–H groups in total. The number of nitrogens with one attached hydrogen (secondary N) is 1. The fraction of sp³-hybridized carbons (Fsp3) is 0.185. The van der Waals surface area contributed by atoms with Crippen molar-refractivity contribution in [2.75, 3.05) is 7.11 Å². The molecule has 2 aliphatic rings. The molecule has 5 rings (SSSR count). The third-order valence-electron chi connectivity index (χ3n) is 5.88. The molecule has 7 nitrogen and oxygen atoms in total. The van der Waals surface area contributed by atoms with E-state index in [1.54, 1.807) is 12.0 Å². The van der Waals surface area contributed by atoms with Gasteiger partial charge in [0.25, 0.3) is 5.91 Å². The summed E-state index contributed by atoms with van der Waals surface area (Å²) in [5, 5.41) is 4.09. The van der Waals surface area contributed by atoms with E-state index in [0.717, 1.165) is 22.4 Å². The largest absolute Gasteiger partial charge is 0.496 e. The van der Waals surface area contributed by atoms with E-state index in [2.05, 4.69) is 10.3 Å². The number of benzene rings is 3. The molecule has 0 aliphatic carbocycles. The van der Waals surface area contributed by atoms with Gasteiger partial charge in [0.15, 0.2) is 5.17 Å². The molecule has 9 heteroatoms. The Balaban J connectivity index is 1.32. The first-order chi connectivity index (χ1) is 17.5. The van der Waals surface area contributed by atoms with Crippen LogP contribution in [0.25, 0.3) is 0 Å². The standard InChI is InChI=1S/C27H23ClN4O3S/c1-35-23-9-5-2-6-18(23)15-29-24(33)14-22-26(34)32-25(30-22)20-7-3-4-8-21(20)31-27(32)36-16-17-10-12-19(28)13-11-17/h2-13,22H,14-16H2,1H3,(H,29,33)/t22-/m1/s1. The molecule has 0 fully saturated rings. The van der Waals surface area contributed by atoms with Gasteiger partial charge < -0.3 is 10.1 Å². The molecule has 0 aromatic heterocycles. The van der Waals surface area contributed by atoms with E-state index in [4.69, 9.17) is 21.3 Å². The summed E-state index contributed by atoms with van der Waals surface area (Å²) in [5.41, 5.74) is 3.44. The maximum Gasteiger partial charge on any atom is 0.259 e. The number of carbonyl (C=O) groups is 2. The molecule has 0 saturated carbocycles. The number of methoxy groups -OCH3 is 1. The summed E-state index contributed by atoms with van der Waals surface area (Å²) < 4.78 is 5.34. The minimum atomic E-state index is -0.815. The minimum Gasteiger partial charge on any atom is -0.496 e. The zero-order valence-corrected chi connectivity index (χ0v) is 21.1. The van der Waals surface area contributed by atoms with Crippen molar-refractivity contribution in [1.82, 2.24) is 10.2 Å². The van der Waals surface area contributed by atoms with Crippen LogP contribution < -0.4 is 10.1 Å². The Bertz CT molecular complexity index is 1370. The third-order valence-corrected chi connectivity index (χ3v) is 7.14. The average molecular weight is 519 g/mol. The van der Waals surface area contributed by atoms with Crippen LogP contribution in [0.4, 0.5) is 5.69 Å². The fourth-order valence-corrected chi connectivity index (χ4v) is 5.13. The Hall–Kier alpha value is -3.62. The molecule has 0 bridgehead atoms. The first-order valence-corrected chi connectivity index (χ1v) is 12.8. The summed E-state index contributed by atoms with van der Waals surface area (Å²) in [6.45, 7) is 0.302. The molecule has 0 saturated heterocycles. The zero-order valence-electron chi connectivity index (χ0n) is 19.5. The highest BCUT2D eigenvalue weighted by Gasteiger charge is 2.42. The number of carbonyl (C=O) groups excluding carboxylic acids is 2. The van der Waals surface area contributed by atoms with Crippen LogP contribution in [0.2, 0.25) is 5.02 Å². The average Bonchev–Trinajstić information content (AvgIpc) is 3.23. The molecule has 0 radical (unpaired) electrons. The van der Waals surface area contributed by atoms with E-state index in [-0.39, 0.29) is 18.2 Å². The highest BCUT2D eigenvalue weighted by Crippen LogP contribution is 2.35. The number of amidine groups is 2. The number of halogens is 1. The number of rotatable bonds is 7. The summed E-state index contributed by atoms with van der Waals surface area (Å²) in [4.78, 5) is 37.1. The van der Waals surface area contributed by atoms with Gasteiger partial charge >= 0.3 is 0 Å².